The van der Waals surface area contributed by atoms with Crippen LogP contribution in [0.15, 0.2) is 66.7 Å². The lowest BCUT2D eigenvalue weighted by Gasteiger charge is -2.26. The first-order valence-corrected chi connectivity index (χ1v) is 15.2. The third kappa shape index (κ3) is 6.18. The molecule has 7 nitrogen and oxygen atoms in total. The molecule has 0 bridgehead atoms. The van der Waals surface area contributed by atoms with Crippen LogP contribution in [0.3, 0.4) is 0 Å². The number of rotatable bonds is 9. The first kappa shape index (κ1) is 26.2. The Balaban J connectivity index is 1.39. The summed E-state index contributed by atoms with van der Waals surface area (Å²) in [6.45, 7) is 3.75. The predicted molar refractivity (Wildman–Crippen MR) is 150 cm³/mol. The molecule has 9 heteroatoms. The summed E-state index contributed by atoms with van der Waals surface area (Å²) < 4.78 is 34.6. The minimum atomic E-state index is -3.64. The molecule has 38 heavy (non-hydrogen) atoms. The smallest absolute Gasteiger partial charge is 0.306 e. The van der Waals surface area contributed by atoms with Crippen molar-refractivity contribution in [2.75, 3.05) is 32.5 Å². The molecular formula is C29H29NO6S2. The summed E-state index contributed by atoms with van der Waals surface area (Å²) in [6.07, 6.45) is 4.78. The molecule has 0 radical (unpaired) electrons. The Kier molecular flexibility index (Phi) is 7.69. The van der Waals surface area contributed by atoms with Gasteiger partial charge in [-0.05, 0) is 98.2 Å². The molecule has 5 rings (SSSR count). The molecule has 0 amide bonds. The highest BCUT2D eigenvalue weighted by molar-refractivity contribution is 7.86. The molecule has 4 aromatic rings. The van der Waals surface area contributed by atoms with E-state index in [9.17, 15) is 18.3 Å². The van der Waals surface area contributed by atoms with Gasteiger partial charge in [0, 0.05) is 32.6 Å². The van der Waals surface area contributed by atoms with E-state index in [-0.39, 0.29) is 17.3 Å². The maximum atomic E-state index is 13.8. The van der Waals surface area contributed by atoms with Crippen LogP contribution in [0.5, 0.6) is 17.2 Å². The largest absolute Gasteiger partial charge is 0.508 e. The second-order valence-corrected chi connectivity index (χ2v) is 12.0. The van der Waals surface area contributed by atoms with E-state index in [0.717, 1.165) is 52.2 Å². The van der Waals surface area contributed by atoms with Gasteiger partial charge in [0.05, 0.1) is 6.26 Å². The number of carbonyl (C=O) groups excluding carboxylic acids is 1. The fourth-order valence-corrected chi connectivity index (χ4v) is 6.37. The molecule has 1 N–H and O–H groups in total. The minimum absolute atomic E-state index is 0.118. The molecule has 0 unspecified atom stereocenters. The van der Waals surface area contributed by atoms with E-state index in [0.29, 0.717) is 17.7 Å². The average Bonchev–Trinajstić information content (AvgIpc) is 3.27. The van der Waals surface area contributed by atoms with Crippen LogP contribution < -0.4 is 8.92 Å². The number of piperidine rings is 1. The zero-order chi connectivity index (χ0) is 26.7. The van der Waals surface area contributed by atoms with Gasteiger partial charge in [-0.25, -0.2) is 0 Å². The SMILES string of the molecule is CS(=O)(=O)Oc1ccc(-c2sc3cc(O)ccc3c2C(=O)c2ccc(OCCN3CCCCC3)cc2)cc1. The van der Waals surface area contributed by atoms with Crippen molar-refractivity contribution in [3.05, 3.63) is 77.9 Å². The minimum Gasteiger partial charge on any atom is -0.508 e. The lowest BCUT2D eigenvalue weighted by atomic mass is 9.97. The molecular weight excluding hydrogens is 522 g/mol. The number of phenols is 1. The van der Waals surface area contributed by atoms with Crippen LogP contribution in [-0.2, 0) is 10.1 Å². The van der Waals surface area contributed by atoms with Crippen molar-refractivity contribution in [2.24, 2.45) is 0 Å². The number of benzene rings is 3. The summed E-state index contributed by atoms with van der Waals surface area (Å²) in [5, 5.41) is 10.8. The summed E-state index contributed by atoms with van der Waals surface area (Å²) in [7, 11) is -3.64. The monoisotopic (exact) mass is 551 g/mol. The van der Waals surface area contributed by atoms with E-state index in [1.54, 1.807) is 54.6 Å². The number of phenolic OH excluding ortho intramolecular Hbond substituents is 1. The van der Waals surface area contributed by atoms with E-state index in [2.05, 4.69) is 4.90 Å². The van der Waals surface area contributed by atoms with Gasteiger partial charge in [0.1, 0.15) is 23.9 Å². The molecule has 0 atom stereocenters. The lowest BCUT2D eigenvalue weighted by Crippen LogP contribution is -2.33. The van der Waals surface area contributed by atoms with Crippen molar-refractivity contribution in [3.8, 4) is 27.7 Å². The molecule has 1 aliphatic rings. The fraction of sp³-hybridized carbons (Fsp3) is 0.276. The molecule has 1 aromatic heterocycles. The summed E-state index contributed by atoms with van der Waals surface area (Å²) in [4.78, 5) is 16.9. The number of likely N-dealkylation sites (tertiary alicyclic amines) is 1. The van der Waals surface area contributed by atoms with Gasteiger partial charge in [-0.3, -0.25) is 9.69 Å². The molecule has 1 fully saturated rings. The van der Waals surface area contributed by atoms with Gasteiger partial charge in [0.2, 0.25) is 0 Å². The third-order valence-electron chi connectivity index (χ3n) is 6.51. The van der Waals surface area contributed by atoms with Gasteiger partial charge in [-0.1, -0.05) is 6.42 Å². The molecule has 3 aromatic carbocycles. The third-order valence-corrected chi connectivity index (χ3v) is 8.20. The van der Waals surface area contributed by atoms with Crippen LogP contribution >= 0.6 is 11.3 Å². The Hall–Kier alpha value is -3.40. The Bertz CT molecular complexity index is 1540. The summed E-state index contributed by atoms with van der Waals surface area (Å²) in [5.74, 6) is 0.889. The van der Waals surface area contributed by atoms with Gasteiger partial charge < -0.3 is 14.0 Å². The number of nitrogens with zero attached hydrogens (tertiary/aromatic N) is 1. The summed E-state index contributed by atoms with van der Waals surface area (Å²) in [5.41, 5.74) is 1.80. The van der Waals surface area contributed by atoms with E-state index in [4.69, 9.17) is 8.92 Å². The van der Waals surface area contributed by atoms with Crippen LogP contribution in [0.25, 0.3) is 20.5 Å². The molecule has 0 saturated carbocycles. The normalized spacial score (nSPS) is 14.4. The standard InChI is InChI=1S/C29H29NO6S2/c1-38(33,34)36-24-12-7-21(8-13-24)29-27(25-14-9-22(31)19-26(25)37-29)28(32)20-5-10-23(11-6-20)35-18-17-30-15-3-2-4-16-30/h5-14,19,31H,2-4,15-18H2,1H3. The van der Waals surface area contributed by atoms with Gasteiger partial charge in [-0.15, -0.1) is 11.3 Å². The van der Waals surface area contributed by atoms with Crippen LogP contribution in [0, 0.1) is 0 Å². The number of ketones is 1. The Morgan fingerprint density at radius 1 is 0.947 bits per heavy atom. The first-order valence-electron chi connectivity index (χ1n) is 12.5. The molecule has 1 saturated heterocycles. The summed E-state index contributed by atoms with van der Waals surface area (Å²) >= 11 is 1.39. The van der Waals surface area contributed by atoms with E-state index >= 15 is 0 Å². The lowest BCUT2D eigenvalue weighted by molar-refractivity contribution is 0.104. The molecule has 0 spiro atoms. The van der Waals surface area contributed by atoms with E-state index in [1.807, 2.05) is 12.1 Å². The van der Waals surface area contributed by atoms with Crippen molar-refractivity contribution >= 4 is 37.3 Å². The number of hydrogen-bond acceptors (Lipinski definition) is 8. The van der Waals surface area contributed by atoms with Crippen LogP contribution in [0.1, 0.15) is 35.2 Å². The quantitative estimate of drug-likeness (QED) is 0.210. The topological polar surface area (TPSA) is 93.1 Å². The molecule has 198 valence electrons. The predicted octanol–water partition coefficient (Wildman–Crippen LogP) is 5.71. The maximum Gasteiger partial charge on any atom is 0.306 e. The second kappa shape index (κ2) is 11.1. The Morgan fingerprint density at radius 3 is 2.32 bits per heavy atom. The molecule has 0 aliphatic carbocycles. The van der Waals surface area contributed by atoms with Gasteiger partial charge in [-0.2, -0.15) is 8.42 Å². The number of ether oxygens (including phenoxy) is 1. The highest BCUT2D eigenvalue weighted by atomic mass is 32.2. The number of hydrogen-bond donors (Lipinski definition) is 1. The number of carbonyl (C=O) groups is 1. The van der Waals surface area contributed by atoms with Gasteiger partial charge >= 0.3 is 10.1 Å². The first-order chi connectivity index (χ1) is 18.3. The molecule has 2 heterocycles. The van der Waals surface area contributed by atoms with Crippen molar-refractivity contribution in [2.45, 2.75) is 19.3 Å². The summed E-state index contributed by atoms with van der Waals surface area (Å²) in [6, 6.07) is 18.7. The second-order valence-electron chi connectivity index (χ2n) is 9.40. The van der Waals surface area contributed by atoms with E-state index in [1.165, 1.54) is 30.6 Å². The van der Waals surface area contributed by atoms with Gasteiger partial charge in [0.25, 0.3) is 0 Å². The van der Waals surface area contributed by atoms with Gasteiger partial charge in [0.15, 0.2) is 5.78 Å². The zero-order valence-corrected chi connectivity index (χ0v) is 22.7. The van der Waals surface area contributed by atoms with Crippen molar-refractivity contribution in [1.29, 1.82) is 0 Å². The van der Waals surface area contributed by atoms with Crippen LogP contribution in [0.2, 0.25) is 0 Å². The molecule has 1 aliphatic heterocycles. The number of aromatic hydroxyl groups is 1. The van der Waals surface area contributed by atoms with Crippen molar-refractivity contribution < 1.29 is 27.2 Å². The van der Waals surface area contributed by atoms with E-state index < -0.39 is 10.1 Å². The van der Waals surface area contributed by atoms with Crippen LogP contribution in [0.4, 0.5) is 0 Å². The average molecular weight is 552 g/mol. The fourth-order valence-electron chi connectivity index (χ4n) is 4.67. The van der Waals surface area contributed by atoms with Crippen LogP contribution in [-0.4, -0.2) is 56.7 Å². The van der Waals surface area contributed by atoms with Crippen molar-refractivity contribution in [1.82, 2.24) is 4.90 Å². The van der Waals surface area contributed by atoms with Crippen molar-refractivity contribution in [3.63, 3.8) is 0 Å². The highest BCUT2D eigenvalue weighted by Crippen LogP contribution is 2.41. The number of fused-ring (bicyclic) bond motifs is 1. The number of thiophene rings is 1. The zero-order valence-electron chi connectivity index (χ0n) is 21.1. The maximum absolute atomic E-state index is 13.8. The Labute approximate surface area is 226 Å². The highest BCUT2D eigenvalue weighted by Gasteiger charge is 2.22. The Morgan fingerprint density at radius 2 is 1.63 bits per heavy atom.